The maximum Gasteiger partial charge on any atom is 0.184 e. The highest BCUT2D eigenvalue weighted by Gasteiger charge is 2.31. The molecule has 0 spiro atoms. The average molecular weight is 216 g/mol. The number of nitriles is 1. The standard InChI is InChI=1S/C12H12N2O2/c13-8-9(10-4-1-2-6-14-10)12(15)11-5-3-7-16-11/h1-2,4,6,9,11H,3,5,7H2. The van der Waals surface area contributed by atoms with Gasteiger partial charge in [-0.2, -0.15) is 5.26 Å². The minimum atomic E-state index is -0.802. The van der Waals surface area contributed by atoms with Crippen LogP contribution in [0.25, 0.3) is 0 Å². The van der Waals surface area contributed by atoms with Crippen LogP contribution in [0.5, 0.6) is 0 Å². The summed E-state index contributed by atoms with van der Waals surface area (Å²) >= 11 is 0. The van der Waals surface area contributed by atoms with E-state index < -0.39 is 12.0 Å². The maximum atomic E-state index is 12.0. The highest BCUT2D eigenvalue weighted by atomic mass is 16.5. The van der Waals surface area contributed by atoms with E-state index in [2.05, 4.69) is 4.98 Å². The molecule has 2 rings (SSSR count). The minimum Gasteiger partial charge on any atom is -0.370 e. The van der Waals surface area contributed by atoms with Gasteiger partial charge in [-0.25, -0.2) is 0 Å². The Kier molecular flexibility index (Phi) is 3.28. The minimum absolute atomic E-state index is 0.168. The Hall–Kier alpha value is -1.73. The zero-order valence-corrected chi connectivity index (χ0v) is 8.80. The second-order valence-electron chi connectivity index (χ2n) is 3.72. The molecule has 2 heterocycles. The van der Waals surface area contributed by atoms with Gasteiger partial charge < -0.3 is 4.74 Å². The molecule has 0 aliphatic carbocycles. The van der Waals surface area contributed by atoms with Crippen molar-refractivity contribution in [3.8, 4) is 6.07 Å². The molecule has 0 saturated carbocycles. The van der Waals surface area contributed by atoms with Crippen LogP contribution in [0.15, 0.2) is 24.4 Å². The number of ketones is 1. The number of carbonyl (C=O) groups is 1. The normalized spacial score (nSPS) is 21.3. The SMILES string of the molecule is N#CC(C(=O)C1CCCO1)c1ccccn1. The van der Waals surface area contributed by atoms with Crippen molar-refractivity contribution in [3.05, 3.63) is 30.1 Å². The zero-order chi connectivity index (χ0) is 11.4. The second kappa shape index (κ2) is 4.86. The van der Waals surface area contributed by atoms with Crippen LogP contribution in [0.2, 0.25) is 0 Å². The Labute approximate surface area is 93.9 Å². The van der Waals surface area contributed by atoms with Gasteiger partial charge in [0.25, 0.3) is 0 Å². The summed E-state index contributed by atoms with van der Waals surface area (Å²) in [6, 6.07) is 7.23. The largest absolute Gasteiger partial charge is 0.370 e. The third-order valence-electron chi connectivity index (χ3n) is 2.64. The Morgan fingerprint density at radius 1 is 1.62 bits per heavy atom. The summed E-state index contributed by atoms with van der Waals surface area (Å²) < 4.78 is 5.29. The molecule has 1 aliphatic heterocycles. The molecule has 4 heteroatoms. The van der Waals surface area contributed by atoms with Gasteiger partial charge in [0.2, 0.25) is 0 Å². The van der Waals surface area contributed by atoms with Crippen molar-refractivity contribution in [2.45, 2.75) is 24.9 Å². The van der Waals surface area contributed by atoms with Crippen molar-refractivity contribution in [1.82, 2.24) is 4.98 Å². The molecule has 16 heavy (non-hydrogen) atoms. The zero-order valence-electron chi connectivity index (χ0n) is 8.80. The molecule has 1 fully saturated rings. The number of aromatic nitrogens is 1. The van der Waals surface area contributed by atoms with E-state index in [1.165, 1.54) is 0 Å². The van der Waals surface area contributed by atoms with Gasteiger partial charge in [-0.3, -0.25) is 9.78 Å². The fourth-order valence-electron chi connectivity index (χ4n) is 1.81. The van der Waals surface area contributed by atoms with Crippen LogP contribution >= 0.6 is 0 Å². The van der Waals surface area contributed by atoms with Gasteiger partial charge in [0.05, 0.1) is 11.8 Å². The van der Waals surface area contributed by atoms with E-state index in [1.54, 1.807) is 24.4 Å². The third kappa shape index (κ3) is 2.10. The van der Waals surface area contributed by atoms with E-state index in [9.17, 15) is 4.79 Å². The first-order valence-corrected chi connectivity index (χ1v) is 5.29. The Morgan fingerprint density at radius 2 is 2.50 bits per heavy atom. The molecule has 0 N–H and O–H groups in total. The molecule has 0 amide bonds. The summed E-state index contributed by atoms with van der Waals surface area (Å²) in [5.41, 5.74) is 0.505. The molecule has 2 unspecified atom stereocenters. The van der Waals surface area contributed by atoms with Gasteiger partial charge in [-0.1, -0.05) is 6.07 Å². The Balaban J connectivity index is 2.17. The number of nitrogens with zero attached hydrogens (tertiary/aromatic N) is 2. The topological polar surface area (TPSA) is 63.0 Å². The summed E-state index contributed by atoms with van der Waals surface area (Å²) in [4.78, 5) is 16.0. The summed E-state index contributed by atoms with van der Waals surface area (Å²) in [6.45, 7) is 0.608. The van der Waals surface area contributed by atoms with Crippen LogP contribution in [0.1, 0.15) is 24.5 Å². The molecule has 1 aliphatic rings. The highest BCUT2D eigenvalue weighted by Crippen LogP contribution is 2.22. The van der Waals surface area contributed by atoms with E-state index in [1.807, 2.05) is 6.07 Å². The monoisotopic (exact) mass is 216 g/mol. The van der Waals surface area contributed by atoms with Gasteiger partial charge >= 0.3 is 0 Å². The molecule has 2 atom stereocenters. The second-order valence-corrected chi connectivity index (χ2v) is 3.72. The number of rotatable bonds is 3. The van der Waals surface area contributed by atoms with Gasteiger partial charge in [-0.15, -0.1) is 0 Å². The molecular weight excluding hydrogens is 204 g/mol. The number of ether oxygens (including phenoxy) is 1. The Morgan fingerprint density at radius 3 is 3.06 bits per heavy atom. The van der Waals surface area contributed by atoms with Crippen molar-refractivity contribution < 1.29 is 9.53 Å². The van der Waals surface area contributed by atoms with Crippen LogP contribution in [0, 0.1) is 11.3 Å². The van der Waals surface area contributed by atoms with E-state index in [0.717, 1.165) is 6.42 Å². The summed E-state index contributed by atoms with van der Waals surface area (Å²) in [5, 5.41) is 9.04. The molecule has 1 aromatic rings. The summed E-state index contributed by atoms with van der Waals surface area (Å²) in [5.74, 6) is -0.969. The van der Waals surface area contributed by atoms with Crippen molar-refractivity contribution >= 4 is 5.78 Å². The van der Waals surface area contributed by atoms with Crippen LogP contribution in [0.4, 0.5) is 0 Å². The molecule has 1 saturated heterocycles. The van der Waals surface area contributed by atoms with Gasteiger partial charge in [0.15, 0.2) is 5.78 Å². The third-order valence-corrected chi connectivity index (χ3v) is 2.64. The highest BCUT2D eigenvalue weighted by molar-refractivity contribution is 5.91. The van der Waals surface area contributed by atoms with E-state index in [0.29, 0.717) is 18.7 Å². The van der Waals surface area contributed by atoms with E-state index in [4.69, 9.17) is 10.00 Å². The molecule has 4 nitrogen and oxygen atoms in total. The van der Waals surface area contributed by atoms with E-state index >= 15 is 0 Å². The lowest BCUT2D eigenvalue weighted by molar-refractivity contribution is -0.128. The first-order chi connectivity index (χ1) is 7.83. The summed E-state index contributed by atoms with van der Waals surface area (Å²) in [7, 11) is 0. The van der Waals surface area contributed by atoms with Gasteiger partial charge in [0, 0.05) is 12.8 Å². The first kappa shape index (κ1) is 10.8. The van der Waals surface area contributed by atoms with Crippen LogP contribution < -0.4 is 0 Å². The van der Waals surface area contributed by atoms with Crippen LogP contribution in [-0.2, 0) is 9.53 Å². The van der Waals surface area contributed by atoms with Crippen LogP contribution in [-0.4, -0.2) is 23.5 Å². The smallest absolute Gasteiger partial charge is 0.184 e. The van der Waals surface area contributed by atoms with Gasteiger partial charge in [-0.05, 0) is 25.0 Å². The summed E-state index contributed by atoms with van der Waals surface area (Å²) in [6.07, 6.45) is 2.76. The van der Waals surface area contributed by atoms with Crippen molar-refractivity contribution in [2.75, 3.05) is 6.61 Å². The lowest BCUT2D eigenvalue weighted by Gasteiger charge is -2.12. The molecule has 0 bridgehead atoms. The molecule has 0 aromatic carbocycles. The maximum absolute atomic E-state index is 12.0. The Bertz CT molecular complexity index is 405. The predicted octanol–water partition coefficient (Wildman–Crippen LogP) is 1.44. The van der Waals surface area contributed by atoms with Crippen LogP contribution in [0.3, 0.4) is 0 Å². The quantitative estimate of drug-likeness (QED) is 0.766. The van der Waals surface area contributed by atoms with Gasteiger partial charge in [0.1, 0.15) is 12.0 Å². The number of carbonyl (C=O) groups excluding carboxylic acids is 1. The molecule has 1 aromatic heterocycles. The van der Waals surface area contributed by atoms with Crippen molar-refractivity contribution in [3.63, 3.8) is 0 Å². The first-order valence-electron chi connectivity index (χ1n) is 5.29. The molecule has 0 radical (unpaired) electrons. The lowest BCUT2D eigenvalue weighted by Crippen LogP contribution is -2.25. The lowest BCUT2D eigenvalue weighted by atomic mass is 9.96. The number of hydrogen-bond donors (Lipinski definition) is 0. The fraction of sp³-hybridized carbons (Fsp3) is 0.417. The molecule has 82 valence electrons. The number of Topliss-reactive ketones (excluding diaryl/α,β-unsaturated/α-hetero) is 1. The fourth-order valence-corrected chi connectivity index (χ4v) is 1.81. The predicted molar refractivity (Wildman–Crippen MR) is 56.6 cm³/mol. The van der Waals surface area contributed by atoms with E-state index in [-0.39, 0.29) is 5.78 Å². The van der Waals surface area contributed by atoms with Crippen molar-refractivity contribution in [1.29, 1.82) is 5.26 Å². The van der Waals surface area contributed by atoms with Crippen molar-refractivity contribution in [2.24, 2.45) is 0 Å². The average Bonchev–Trinajstić information content (AvgIpc) is 2.85. The molecular formula is C12H12N2O2. The number of hydrogen-bond acceptors (Lipinski definition) is 4. The number of pyridine rings is 1.